The van der Waals surface area contributed by atoms with E-state index in [-0.39, 0.29) is 6.10 Å². The van der Waals surface area contributed by atoms with Crippen LogP contribution >= 0.6 is 11.6 Å². The summed E-state index contributed by atoms with van der Waals surface area (Å²) in [5, 5.41) is 9.09. The molecule has 0 amide bonds. The molecule has 0 heterocycles. The molecule has 64 valence electrons. The molecule has 1 unspecified atom stereocenters. The Hall–Kier alpha value is -0.190. The minimum atomic E-state index is -0.251. The highest BCUT2D eigenvalue weighted by molar-refractivity contribution is 6.17. The molecule has 2 heteroatoms. The third kappa shape index (κ3) is 7.71. The molecule has 0 aliphatic carbocycles. The molecule has 0 rings (SSSR count). The van der Waals surface area contributed by atoms with Gasteiger partial charge in [0.2, 0.25) is 0 Å². The van der Waals surface area contributed by atoms with Gasteiger partial charge < -0.3 is 5.11 Å². The topological polar surface area (TPSA) is 20.2 Å². The Kier molecular flexibility index (Phi) is 7.78. The van der Waals surface area contributed by atoms with E-state index < -0.39 is 0 Å². The number of aliphatic hydroxyl groups is 1. The van der Waals surface area contributed by atoms with E-state index >= 15 is 0 Å². The average Bonchev–Trinajstić information content (AvgIpc) is 2.04. The maximum Gasteiger partial charge on any atom is 0.0646 e. The van der Waals surface area contributed by atoms with Gasteiger partial charge in [0.1, 0.15) is 0 Å². The molecule has 0 aliphatic rings. The fourth-order valence-electron chi connectivity index (χ4n) is 0.578. The first kappa shape index (κ1) is 10.8. The molecule has 0 bridgehead atoms. The van der Waals surface area contributed by atoms with Gasteiger partial charge in [-0.05, 0) is 12.8 Å². The molecule has 0 aliphatic heterocycles. The minimum absolute atomic E-state index is 0.251. The summed E-state index contributed by atoms with van der Waals surface area (Å²) in [7, 11) is 0. The van der Waals surface area contributed by atoms with Crippen LogP contribution in [0, 0.1) is 11.8 Å². The van der Waals surface area contributed by atoms with E-state index in [0.717, 1.165) is 19.3 Å². The van der Waals surface area contributed by atoms with Crippen LogP contribution in [-0.2, 0) is 0 Å². The number of hydrogen-bond donors (Lipinski definition) is 1. The third-order valence-electron chi connectivity index (χ3n) is 1.37. The molecule has 0 spiro atoms. The second kappa shape index (κ2) is 7.91. The molecular weight excluding hydrogens is 160 g/mol. The zero-order valence-electron chi connectivity index (χ0n) is 6.94. The fraction of sp³-hybridized carbons (Fsp3) is 0.778. The lowest BCUT2D eigenvalue weighted by atomic mass is 10.2. The van der Waals surface area contributed by atoms with E-state index in [4.69, 9.17) is 16.7 Å². The molecule has 1 N–H and O–H groups in total. The number of unbranched alkanes of at least 4 members (excludes halogenated alkanes) is 1. The van der Waals surface area contributed by atoms with Crippen molar-refractivity contribution in [2.24, 2.45) is 0 Å². The summed E-state index contributed by atoms with van der Waals surface area (Å²) in [4.78, 5) is 0. The lowest BCUT2D eigenvalue weighted by Crippen LogP contribution is -2.01. The highest BCUT2D eigenvalue weighted by Crippen LogP contribution is 1.95. The molecule has 0 saturated carbocycles. The van der Waals surface area contributed by atoms with Gasteiger partial charge in [0.05, 0.1) is 6.10 Å². The molecular formula is C9H15ClO. The van der Waals surface area contributed by atoms with Crippen molar-refractivity contribution in [2.75, 3.05) is 5.88 Å². The largest absolute Gasteiger partial charge is 0.392 e. The highest BCUT2D eigenvalue weighted by atomic mass is 35.5. The van der Waals surface area contributed by atoms with Gasteiger partial charge in [0.25, 0.3) is 0 Å². The number of halogens is 1. The zero-order chi connectivity index (χ0) is 8.53. The van der Waals surface area contributed by atoms with Crippen molar-refractivity contribution in [3.8, 4) is 11.8 Å². The number of hydrogen-bond acceptors (Lipinski definition) is 1. The third-order valence-corrected chi connectivity index (χ3v) is 1.64. The zero-order valence-corrected chi connectivity index (χ0v) is 7.69. The maximum absolute atomic E-state index is 9.09. The van der Waals surface area contributed by atoms with Crippen molar-refractivity contribution in [3.05, 3.63) is 0 Å². The lowest BCUT2D eigenvalue weighted by molar-refractivity contribution is 0.176. The van der Waals surface area contributed by atoms with Crippen LogP contribution in [0.1, 0.15) is 32.6 Å². The van der Waals surface area contributed by atoms with Gasteiger partial charge >= 0.3 is 0 Å². The standard InChI is InChI=1S/C9H15ClO/c1-2-9(11)7-5-3-4-6-8-10/h9,11H,2,4,6-8H2,1H3. The lowest BCUT2D eigenvalue weighted by Gasteiger charge is -1.98. The van der Waals surface area contributed by atoms with Gasteiger partial charge in [0, 0.05) is 18.7 Å². The summed E-state index contributed by atoms with van der Waals surface area (Å²) in [6.07, 6.45) is 2.91. The molecule has 0 radical (unpaired) electrons. The summed E-state index contributed by atoms with van der Waals surface area (Å²) in [5.74, 6) is 6.54. The monoisotopic (exact) mass is 174 g/mol. The second-order valence-corrected chi connectivity index (χ2v) is 2.79. The number of alkyl halides is 1. The number of aliphatic hydroxyl groups excluding tert-OH is 1. The van der Waals surface area contributed by atoms with Crippen LogP contribution in [0.15, 0.2) is 0 Å². The van der Waals surface area contributed by atoms with Crippen LogP contribution in [0.3, 0.4) is 0 Å². The van der Waals surface area contributed by atoms with Gasteiger partial charge in [-0.25, -0.2) is 0 Å². The van der Waals surface area contributed by atoms with Crippen molar-refractivity contribution in [2.45, 2.75) is 38.7 Å². The van der Waals surface area contributed by atoms with Crippen LogP contribution < -0.4 is 0 Å². The molecule has 0 saturated heterocycles. The van der Waals surface area contributed by atoms with Crippen LogP contribution in [0.5, 0.6) is 0 Å². The quantitative estimate of drug-likeness (QED) is 0.394. The smallest absolute Gasteiger partial charge is 0.0646 e. The van der Waals surface area contributed by atoms with E-state index in [1.807, 2.05) is 6.92 Å². The summed E-state index contributed by atoms with van der Waals surface area (Å²) in [6.45, 7) is 1.95. The molecule has 0 fully saturated rings. The van der Waals surface area contributed by atoms with Crippen molar-refractivity contribution in [1.82, 2.24) is 0 Å². The molecule has 1 atom stereocenters. The maximum atomic E-state index is 9.09. The first-order valence-corrected chi connectivity index (χ1v) is 4.54. The van der Waals surface area contributed by atoms with Gasteiger partial charge in [0.15, 0.2) is 0 Å². The van der Waals surface area contributed by atoms with Gasteiger partial charge in [-0.1, -0.05) is 6.92 Å². The first-order chi connectivity index (χ1) is 5.31. The summed E-state index contributed by atoms with van der Waals surface area (Å²) in [6, 6.07) is 0. The fourth-order valence-corrected chi connectivity index (χ4v) is 0.712. The van der Waals surface area contributed by atoms with Gasteiger partial charge in [-0.3, -0.25) is 0 Å². The van der Waals surface area contributed by atoms with Gasteiger partial charge in [-0.15, -0.1) is 23.4 Å². The van der Waals surface area contributed by atoms with Crippen LogP contribution in [0.2, 0.25) is 0 Å². The molecule has 0 aromatic heterocycles. The molecule has 11 heavy (non-hydrogen) atoms. The summed E-state index contributed by atoms with van der Waals surface area (Å²) in [5.41, 5.74) is 0. The average molecular weight is 175 g/mol. The minimum Gasteiger partial charge on any atom is -0.392 e. The Labute approximate surface area is 73.8 Å². The van der Waals surface area contributed by atoms with Crippen LogP contribution in [-0.4, -0.2) is 17.1 Å². The predicted molar refractivity (Wildman–Crippen MR) is 48.6 cm³/mol. The Morgan fingerprint density at radius 2 is 2.18 bits per heavy atom. The SMILES string of the molecule is CCC(O)CC#CCCCCl. The Morgan fingerprint density at radius 3 is 2.73 bits per heavy atom. The number of rotatable bonds is 4. The van der Waals surface area contributed by atoms with E-state index in [2.05, 4.69) is 11.8 Å². The molecule has 0 aromatic rings. The summed E-state index contributed by atoms with van der Waals surface area (Å²) < 4.78 is 0. The molecule has 1 nitrogen and oxygen atoms in total. The normalized spacial score (nSPS) is 11.9. The van der Waals surface area contributed by atoms with Gasteiger partial charge in [-0.2, -0.15) is 0 Å². The van der Waals surface area contributed by atoms with Crippen molar-refractivity contribution in [1.29, 1.82) is 0 Å². The van der Waals surface area contributed by atoms with Crippen LogP contribution in [0.4, 0.5) is 0 Å². The first-order valence-electron chi connectivity index (χ1n) is 4.01. The molecule has 0 aromatic carbocycles. The predicted octanol–water partition coefficient (Wildman–Crippen LogP) is 2.17. The van der Waals surface area contributed by atoms with Crippen LogP contribution in [0.25, 0.3) is 0 Å². The van der Waals surface area contributed by atoms with E-state index in [1.165, 1.54) is 0 Å². The van der Waals surface area contributed by atoms with Crippen molar-refractivity contribution < 1.29 is 5.11 Å². The van der Waals surface area contributed by atoms with Crippen molar-refractivity contribution >= 4 is 11.6 Å². The summed E-state index contributed by atoms with van der Waals surface area (Å²) >= 11 is 5.45. The highest BCUT2D eigenvalue weighted by Gasteiger charge is 1.94. The van der Waals surface area contributed by atoms with Crippen molar-refractivity contribution in [3.63, 3.8) is 0 Å². The second-order valence-electron chi connectivity index (χ2n) is 2.41. The Bertz CT molecular complexity index is 134. The van der Waals surface area contributed by atoms with E-state index in [1.54, 1.807) is 0 Å². The van der Waals surface area contributed by atoms with E-state index in [9.17, 15) is 0 Å². The Morgan fingerprint density at radius 1 is 1.45 bits per heavy atom. The Balaban J connectivity index is 3.24. The van der Waals surface area contributed by atoms with E-state index in [0.29, 0.717) is 12.3 Å².